The highest BCUT2D eigenvalue weighted by atomic mass is 14.9. The Bertz CT molecular complexity index is 366. The molecule has 1 aromatic rings. The van der Waals surface area contributed by atoms with E-state index in [1.807, 2.05) is 0 Å². The van der Waals surface area contributed by atoms with Crippen LogP contribution in [0.4, 0.5) is 0 Å². The van der Waals surface area contributed by atoms with E-state index in [2.05, 4.69) is 76.3 Å². The Hall–Kier alpha value is -1.08. The molecule has 0 saturated carbocycles. The van der Waals surface area contributed by atoms with Crippen molar-refractivity contribution in [2.24, 2.45) is 5.41 Å². The zero-order valence-corrected chi connectivity index (χ0v) is 12.5. The van der Waals surface area contributed by atoms with Crippen LogP contribution in [0, 0.1) is 5.41 Å². The van der Waals surface area contributed by atoms with E-state index in [9.17, 15) is 0 Å². The summed E-state index contributed by atoms with van der Waals surface area (Å²) in [6.07, 6.45) is 3.40. The lowest BCUT2D eigenvalue weighted by atomic mass is 9.85. The van der Waals surface area contributed by atoms with Crippen LogP contribution in [0.3, 0.4) is 0 Å². The normalized spacial score (nSPS) is 13.2. The number of allylic oxidation sites excluding steroid dienone is 1. The molecule has 1 rings (SSSR count). The van der Waals surface area contributed by atoms with Gasteiger partial charge in [-0.15, -0.1) is 0 Å². The van der Waals surface area contributed by atoms with Gasteiger partial charge in [-0.2, -0.15) is 0 Å². The van der Waals surface area contributed by atoms with E-state index in [0.717, 1.165) is 13.0 Å². The Labute approximate surface area is 112 Å². The van der Waals surface area contributed by atoms with Crippen molar-refractivity contribution < 1.29 is 0 Å². The molecule has 0 saturated heterocycles. The van der Waals surface area contributed by atoms with Crippen LogP contribution < -0.4 is 5.32 Å². The van der Waals surface area contributed by atoms with Crippen LogP contribution in [0.2, 0.25) is 0 Å². The average molecular weight is 245 g/mol. The van der Waals surface area contributed by atoms with Gasteiger partial charge in [0.15, 0.2) is 0 Å². The second kappa shape index (κ2) is 6.75. The van der Waals surface area contributed by atoms with Crippen molar-refractivity contribution in [3.8, 4) is 0 Å². The summed E-state index contributed by atoms with van der Waals surface area (Å²) in [6.45, 7) is 12.1. The molecule has 0 aliphatic heterocycles. The predicted octanol–water partition coefficient (Wildman–Crippen LogP) is 4.72. The lowest BCUT2D eigenvalue weighted by Gasteiger charge is -2.27. The van der Waals surface area contributed by atoms with Gasteiger partial charge in [-0.3, -0.25) is 0 Å². The number of benzene rings is 1. The van der Waals surface area contributed by atoms with Gasteiger partial charge in [-0.1, -0.05) is 62.8 Å². The second-order valence-corrected chi connectivity index (χ2v) is 6.42. The highest BCUT2D eigenvalue weighted by Gasteiger charge is 2.19. The minimum atomic E-state index is 0.332. The quantitative estimate of drug-likeness (QED) is 0.740. The summed E-state index contributed by atoms with van der Waals surface area (Å²) in [7, 11) is 0. The Morgan fingerprint density at radius 3 is 2.28 bits per heavy atom. The fraction of sp³-hybridized carbons (Fsp3) is 0.529. The molecule has 0 amide bonds. The molecule has 1 N–H and O–H groups in total. The third-order valence-corrected chi connectivity index (χ3v) is 2.89. The Morgan fingerprint density at radius 1 is 1.17 bits per heavy atom. The van der Waals surface area contributed by atoms with E-state index < -0.39 is 0 Å². The van der Waals surface area contributed by atoms with Crippen molar-refractivity contribution in [3.05, 3.63) is 47.5 Å². The fourth-order valence-corrected chi connectivity index (χ4v) is 2.01. The zero-order chi connectivity index (χ0) is 13.6. The molecule has 100 valence electrons. The molecule has 0 aliphatic carbocycles. The van der Waals surface area contributed by atoms with Gasteiger partial charge >= 0.3 is 0 Å². The maximum absolute atomic E-state index is 3.65. The monoisotopic (exact) mass is 245 g/mol. The first-order valence-corrected chi connectivity index (χ1v) is 6.80. The van der Waals surface area contributed by atoms with E-state index in [1.165, 1.54) is 11.1 Å². The van der Waals surface area contributed by atoms with Crippen LogP contribution in [-0.2, 0) is 0 Å². The van der Waals surface area contributed by atoms with Crippen molar-refractivity contribution in [1.29, 1.82) is 0 Å². The van der Waals surface area contributed by atoms with Gasteiger partial charge in [0.1, 0.15) is 0 Å². The Morgan fingerprint density at radius 2 is 1.78 bits per heavy atom. The van der Waals surface area contributed by atoms with E-state index >= 15 is 0 Å². The molecular formula is C17H27N. The molecule has 1 atom stereocenters. The summed E-state index contributed by atoms with van der Waals surface area (Å²) in [5.74, 6) is 0. The van der Waals surface area contributed by atoms with Crippen LogP contribution in [0.15, 0.2) is 42.0 Å². The third-order valence-electron chi connectivity index (χ3n) is 2.89. The fourth-order valence-electron chi connectivity index (χ4n) is 2.01. The van der Waals surface area contributed by atoms with Gasteiger partial charge in [0, 0.05) is 12.6 Å². The summed E-state index contributed by atoms with van der Waals surface area (Å²) in [4.78, 5) is 0. The van der Waals surface area contributed by atoms with Gasteiger partial charge in [0.2, 0.25) is 0 Å². The SMILES string of the molecule is CC(C)=CCNC(CC(C)(C)C)c1ccccc1. The molecule has 0 heterocycles. The van der Waals surface area contributed by atoms with Crippen LogP contribution in [0.5, 0.6) is 0 Å². The number of hydrogen-bond acceptors (Lipinski definition) is 1. The van der Waals surface area contributed by atoms with E-state index in [1.54, 1.807) is 0 Å². The van der Waals surface area contributed by atoms with E-state index in [-0.39, 0.29) is 0 Å². The van der Waals surface area contributed by atoms with Gasteiger partial charge in [0.05, 0.1) is 0 Å². The van der Waals surface area contributed by atoms with Crippen molar-refractivity contribution in [2.45, 2.75) is 47.1 Å². The topological polar surface area (TPSA) is 12.0 Å². The summed E-state index contributed by atoms with van der Waals surface area (Å²) in [5, 5.41) is 3.65. The van der Waals surface area contributed by atoms with Crippen molar-refractivity contribution in [2.75, 3.05) is 6.54 Å². The number of rotatable bonds is 5. The largest absolute Gasteiger partial charge is 0.306 e. The molecule has 0 radical (unpaired) electrons. The maximum Gasteiger partial charge on any atom is 0.0327 e. The van der Waals surface area contributed by atoms with Crippen molar-refractivity contribution in [1.82, 2.24) is 5.32 Å². The lowest BCUT2D eigenvalue weighted by Crippen LogP contribution is -2.26. The first-order chi connectivity index (χ1) is 8.38. The van der Waals surface area contributed by atoms with Crippen LogP contribution in [0.1, 0.15) is 52.6 Å². The summed E-state index contributed by atoms with van der Waals surface area (Å²) >= 11 is 0. The van der Waals surface area contributed by atoms with Crippen LogP contribution in [0.25, 0.3) is 0 Å². The molecule has 0 aliphatic rings. The smallest absolute Gasteiger partial charge is 0.0327 e. The molecule has 0 fully saturated rings. The van der Waals surface area contributed by atoms with Gasteiger partial charge in [-0.05, 0) is 31.2 Å². The molecule has 1 nitrogen and oxygen atoms in total. The molecule has 1 unspecified atom stereocenters. The van der Waals surface area contributed by atoms with Crippen LogP contribution >= 0.6 is 0 Å². The Kier molecular flexibility index (Phi) is 5.61. The first kappa shape index (κ1) is 15.0. The molecule has 0 aromatic heterocycles. The molecule has 1 heteroatoms. The van der Waals surface area contributed by atoms with Crippen molar-refractivity contribution >= 4 is 0 Å². The second-order valence-electron chi connectivity index (χ2n) is 6.42. The van der Waals surface area contributed by atoms with Gasteiger partial charge in [-0.25, -0.2) is 0 Å². The summed E-state index contributed by atoms with van der Waals surface area (Å²) in [5.41, 5.74) is 3.08. The molecule has 0 spiro atoms. The maximum atomic E-state index is 3.65. The standard InChI is InChI=1S/C17H27N/c1-14(2)11-12-18-16(13-17(3,4)5)15-9-7-6-8-10-15/h6-11,16,18H,12-13H2,1-5H3. The summed E-state index contributed by atoms with van der Waals surface area (Å²) in [6, 6.07) is 11.2. The average Bonchev–Trinajstić information content (AvgIpc) is 2.27. The summed E-state index contributed by atoms with van der Waals surface area (Å²) < 4.78 is 0. The lowest BCUT2D eigenvalue weighted by molar-refractivity contribution is 0.316. The number of nitrogens with one attached hydrogen (secondary N) is 1. The molecule has 0 bridgehead atoms. The highest BCUT2D eigenvalue weighted by Crippen LogP contribution is 2.29. The number of hydrogen-bond donors (Lipinski definition) is 1. The minimum absolute atomic E-state index is 0.332. The minimum Gasteiger partial charge on any atom is -0.306 e. The van der Waals surface area contributed by atoms with Crippen molar-refractivity contribution in [3.63, 3.8) is 0 Å². The zero-order valence-electron chi connectivity index (χ0n) is 12.5. The molecular weight excluding hydrogens is 218 g/mol. The van der Waals surface area contributed by atoms with Gasteiger partial charge in [0.25, 0.3) is 0 Å². The van der Waals surface area contributed by atoms with E-state index in [0.29, 0.717) is 11.5 Å². The Balaban J connectivity index is 2.73. The molecule has 18 heavy (non-hydrogen) atoms. The molecule has 1 aromatic carbocycles. The van der Waals surface area contributed by atoms with Gasteiger partial charge < -0.3 is 5.32 Å². The van der Waals surface area contributed by atoms with Crippen LogP contribution in [-0.4, -0.2) is 6.54 Å². The van der Waals surface area contributed by atoms with E-state index in [4.69, 9.17) is 0 Å². The third kappa shape index (κ3) is 6.02. The highest BCUT2D eigenvalue weighted by molar-refractivity contribution is 5.19. The predicted molar refractivity (Wildman–Crippen MR) is 80.7 cm³/mol. The first-order valence-electron chi connectivity index (χ1n) is 6.80.